The second-order valence-corrected chi connectivity index (χ2v) is 14.3. The molecule has 4 aromatic rings. The van der Waals surface area contributed by atoms with Crippen LogP contribution in [0.5, 0.6) is 0 Å². The molecule has 294 valence electrons. The maximum absolute atomic E-state index is 11.7. The summed E-state index contributed by atoms with van der Waals surface area (Å²) in [5, 5.41) is 11.7. The van der Waals surface area contributed by atoms with E-state index >= 15 is 0 Å². The zero-order chi connectivity index (χ0) is 39.6. The van der Waals surface area contributed by atoms with Gasteiger partial charge in [0.15, 0.2) is 0 Å². The van der Waals surface area contributed by atoms with Crippen LogP contribution < -0.4 is 9.97 Å². The molecule has 2 aliphatic rings. The molecule has 0 aliphatic carbocycles. The van der Waals surface area contributed by atoms with E-state index in [0.717, 1.165) is 119 Å². The van der Waals surface area contributed by atoms with Crippen molar-refractivity contribution in [3.05, 3.63) is 143 Å². The molecule has 0 saturated heterocycles. The van der Waals surface area contributed by atoms with Gasteiger partial charge in [0.05, 0.1) is 16.3 Å². The molecule has 56 heavy (non-hydrogen) atoms. The van der Waals surface area contributed by atoms with Crippen molar-refractivity contribution >= 4 is 28.3 Å². The molecular formula is C48H55N5NiO2. The molecular weight excluding hydrogens is 737 g/mol. The zero-order valence-electron chi connectivity index (χ0n) is 34.7. The van der Waals surface area contributed by atoms with Crippen molar-refractivity contribution in [1.82, 2.24) is 9.97 Å². The van der Waals surface area contributed by atoms with Crippen LogP contribution in [0.2, 0.25) is 0 Å². The van der Waals surface area contributed by atoms with Crippen molar-refractivity contribution in [1.29, 1.82) is 0 Å². The summed E-state index contributed by atoms with van der Waals surface area (Å²) in [6.45, 7) is 21.9. The molecule has 6 rings (SSSR count). The van der Waals surface area contributed by atoms with Gasteiger partial charge in [-0.15, -0.1) is 22.8 Å². The molecule has 0 atom stereocenters. The number of hydrogen-bond donors (Lipinski definition) is 0. The first kappa shape index (κ1) is 42.3. The maximum Gasteiger partial charge on any atom is 2.00 e. The first-order valence-corrected chi connectivity index (χ1v) is 20.3. The summed E-state index contributed by atoms with van der Waals surface area (Å²) in [5.74, 6) is 0. The third-order valence-corrected chi connectivity index (χ3v) is 11.5. The van der Waals surface area contributed by atoms with Gasteiger partial charge >= 0.3 is 16.5 Å². The molecule has 0 fully saturated rings. The molecule has 0 radical (unpaired) electrons. The Balaban J connectivity index is 0.00000600. The number of hydrogen-bond acceptors (Lipinski definition) is 4. The number of aromatic nitrogens is 2. The van der Waals surface area contributed by atoms with Crippen molar-refractivity contribution in [3.63, 3.8) is 0 Å². The van der Waals surface area contributed by atoms with Gasteiger partial charge in [-0.25, -0.2) is 0 Å². The number of nitro benzene ring substituents is 1. The maximum atomic E-state index is 11.7. The average Bonchev–Trinajstić information content (AvgIpc) is 3.94. The Morgan fingerprint density at radius 1 is 0.536 bits per heavy atom. The third-order valence-electron chi connectivity index (χ3n) is 11.5. The summed E-state index contributed by atoms with van der Waals surface area (Å²) in [6, 6.07) is 17.5. The van der Waals surface area contributed by atoms with Gasteiger partial charge in [0.25, 0.3) is 5.69 Å². The molecule has 0 spiro atoms. The van der Waals surface area contributed by atoms with Gasteiger partial charge in [-0.2, -0.15) is 0 Å². The average molecular weight is 793 g/mol. The van der Waals surface area contributed by atoms with Crippen LogP contribution in [0.4, 0.5) is 5.69 Å². The van der Waals surface area contributed by atoms with Crippen LogP contribution in [-0.2, 0) is 42.2 Å². The van der Waals surface area contributed by atoms with Gasteiger partial charge in [-0.1, -0.05) is 108 Å². The van der Waals surface area contributed by atoms with Crippen molar-refractivity contribution in [3.8, 4) is 11.4 Å². The Hall–Kier alpha value is -4.81. The predicted molar refractivity (Wildman–Crippen MR) is 229 cm³/mol. The van der Waals surface area contributed by atoms with E-state index in [4.69, 9.17) is 20.0 Å². The summed E-state index contributed by atoms with van der Waals surface area (Å²) in [5.41, 5.74) is 21.9. The topological polar surface area (TPSA) is 96.1 Å². The number of non-ortho nitro benzene ring substituents is 1. The molecule has 2 aromatic carbocycles. The monoisotopic (exact) mass is 791 g/mol. The van der Waals surface area contributed by atoms with Crippen LogP contribution >= 0.6 is 0 Å². The summed E-state index contributed by atoms with van der Waals surface area (Å²) in [4.78, 5) is 33.2. The Morgan fingerprint density at radius 2 is 0.911 bits per heavy atom. The Bertz CT molecular complexity index is 2320. The van der Waals surface area contributed by atoms with Crippen LogP contribution in [-0.4, -0.2) is 16.3 Å². The van der Waals surface area contributed by atoms with Crippen LogP contribution in [0, 0.1) is 10.1 Å². The normalized spacial score (nSPS) is 16.0. The summed E-state index contributed by atoms with van der Waals surface area (Å²) < 4.78 is 0. The fourth-order valence-corrected chi connectivity index (χ4v) is 8.96. The Kier molecular flexibility index (Phi) is 13.6. The Labute approximate surface area is 343 Å². The predicted octanol–water partition coefficient (Wildman–Crippen LogP) is 12.1. The minimum absolute atomic E-state index is 0. The van der Waals surface area contributed by atoms with Crippen LogP contribution in [0.1, 0.15) is 140 Å². The smallest absolute Gasteiger partial charge is 0.658 e. The van der Waals surface area contributed by atoms with E-state index in [1.165, 1.54) is 44.5 Å². The summed E-state index contributed by atoms with van der Waals surface area (Å²) in [6.07, 6.45) is 6.76. The van der Waals surface area contributed by atoms with E-state index in [0.29, 0.717) is 0 Å². The molecule has 0 N–H and O–H groups in total. The largest absolute Gasteiger partial charge is 2.00 e. The van der Waals surface area contributed by atoms with Crippen molar-refractivity contribution in [2.45, 2.75) is 121 Å². The van der Waals surface area contributed by atoms with Crippen molar-refractivity contribution in [2.75, 3.05) is 0 Å². The van der Waals surface area contributed by atoms with Gasteiger partial charge in [0.2, 0.25) is 0 Å². The molecule has 4 heterocycles. The second-order valence-electron chi connectivity index (χ2n) is 14.3. The Morgan fingerprint density at radius 3 is 1.25 bits per heavy atom. The zero-order valence-corrected chi connectivity index (χ0v) is 35.7. The second kappa shape index (κ2) is 18.0. The molecule has 0 bridgehead atoms. The van der Waals surface area contributed by atoms with Crippen molar-refractivity contribution in [2.24, 2.45) is 9.98 Å². The van der Waals surface area contributed by atoms with Gasteiger partial charge in [-0.3, -0.25) is 20.1 Å². The molecule has 8 heteroatoms. The van der Waals surface area contributed by atoms with E-state index in [1.807, 2.05) is 12.1 Å². The third kappa shape index (κ3) is 7.29. The number of rotatable bonds is 14. The standard InChI is InChI=1S/C48H55N5O2.Ni/c1-11-33-28(9)49-43(35(33)13-3)41(30-22-20-19-21-23-30)45-37(15-5)39(17-7)47(51-45)48-40(18-8)38(16-6)46(52-48)42(31-24-26-32(27-25-31)53(54)55)44-36(14-4)34(12-2)29(10)50-44;/h19-27H,11-18H2,1-10H3;/q-2;+2. The summed E-state index contributed by atoms with van der Waals surface area (Å²) >= 11 is 0. The number of aliphatic imine (C=N–C) groups is 2. The van der Waals surface area contributed by atoms with E-state index in [1.54, 1.807) is 12.1 Å². The quantitative estimate of drug-likeness (QED) is 0.0721. The molecule has 0 amide bonds. The molecule has 0 saturated carbocycles. The first-order valence-electron chi connectivity index (χ1n) is 20.3. The van der Waals surface area contributed by atoms with Crippen molar-refractivity contribution < 1.29 is 21.4 Å². The fraction of sp³-hybridized carbons (Fsp3) is 0.375. The minimum atomic E-state index is -0.345. The summed E-state index contributed by atoms with van der Waals surface area (Å²) in [7, 11) is 0. The van der Waals surface area contributed by atoms with Gasteiger partial charge in [0, 0.05) is 23.6 Å². The van der Waals surface area contributed by atoms with Gasteiger partial charge in [0.1, 0.15) is 0 Å². The molecule has 0 unspecified atom stereocenters. The minimum Gasteiger partial charge on any atom is -0.658 e. The van der Waals surface area contributed by atoms with Crippen LogP contribution in [0.25, 0.3) is 22.5 Å². The SMILES string of the molecule is CCC1=C(CC)C(=C(c2ccccc2)c2[n-]c(-c3[n-]c(C(=C4N=C(C)C(CC)=C4CC)c4ccc([N+](=O)[O-])cc4)c(CC)c3CC)c(CC)c2CC)N=C1C.[Ni+2]. The molecule has 7 nitrogen and oxygen atoms in total. The van der Waals surface area contributed by atoms with Crippen LogP contribution in [0.15, 0.2) is 98.3 Å². The van der Waals surface area contributed by atoms with Gasteiger partial charge in [-0.05, 0) is 122 Å². The van der Waals surface area contributed by atoms with E-state index in [9.17, 15) is 10.1 Å². The number of allylic oxidation sites excluding steroid dienone is 4. The molecule has 2 aliphatic heterocycles. The molecule has 2 aromatic heterocycles. The van der Waals surface area contributed by atoms with Crippen LogP contribution in [0.3, 0.4) is 0 Å². The number of nitro groups is 1. The first-order chi connectivity index (χ1) is 26.6. The number of benzene rings is 2. The fourth-order valence-electron chi connectivity index (χ4n) is 8.96. The van der Waals surface area contributed by atoms with Gasteiger partial charge < -0.3 is 9.97 Å². The number of nitrogens with zero attached hydrogens (tertiary/aromatic N) is 5. The van der Waals surface area contributed by atoms with E-state index in [-0.39, 0.29) is 27.1 Å². The van der Waals surface area contributed by atoms with E-state index in [2.05, 4.69) is 99.6 Å². The van der Waals surface area contributed by atoms with E-state index < -0.39 is 0 Å².